The molecule has 2 aliphatic rings. The first kappa shape index (κ1) is 22.3. The Morgan fingerprint density at radius 1 is 1.20 bits per heavy atom. The van der Waals surface area contributed by atoms with Gasteiger partial charge in [0.2, 0.25) is 0 Å². The van der Waals surface area contributed by atoms with Crippen LogP contribution in [-0.2, 0) is 31.1 Å². The molecular weight excluding hydrogens is 460 g/mol. The number of nitrogens with zero attached hydrogens (tertiary/aromatic N) is 2. The zero-order valence-corrected chi connectivity index (χ0v) is 20.8. The van der Waals surface area contributed by atoms with E-state index in [4.69, 9.17) is 9.72 Å². The van der Waals surface area contributed by atoms with Crippen LogP contribution in [0.5, 0.6) is 5.75 Å². The molecule has 0 amide bonds. The maximum atomic E-state index is 13.9. The molecule has 3 aromatic heterocycles. The summed E-state index contributed by atoms with van der Waals surface area (Å²) >= 11 is 1.69. The number of thiophene rings is 1. The first-order valence-corrected chi connectivity index (χ1v) is 13.3. The Balaban J connectivity index is 1.81. The van der Waals surface area contributed by atoms with Crippen LogP contribution in [0.4, 0.5) is 0 Å². The summed E-state index contributed by atoms with van der Waals surface area (Å²) in [5.74, 6) is -1.03. The van der Waals surface area contributed by atoms with Gasteiger partial charge in [-0.3, -0.25) is 14.6 Å². The van der Waals surface area contributed by atoms with E-state index < -0.39 is 11.9 Å². The van der Waals surface area contributed by atoms with Gasteiger partial charge in [0, 0.05) is 52.0 Å². The molecule has 1 aromatic carbocycles. The zero-order valence-electron chi connectivity index (χ0n) is 20.0. The maximum absolute atomic E-state index is 13.9. The van der Waals surface area contributed by atoms with Crippen molar-refractivity contribution >= 4 is 38.4 Å². The molecule has 0 saturated heterocycles. The van der Waals surface area contributed by atoms with Crippen molar-refractivity contribution in [3.8, 4) is 16.9 Å². The summed E-state index contributed by atoms with van der Waals surface area (Å²) in [6.07, 6.45) is 7.90. The second kappa shape index (κ2) is 8.48. The number of hydrogen-bond acceptors (Lipinski definition) is 5. The number of rotatable bonds is 5. The molecule has 4 heterocycles. The Labute approximate surface area is 207 Å². The van der Waals surface area contributed by atoms with Gasteiger partial charge in [-0.15, -0.1) is 11.3 Å². The normalized spacial score (nSPS) is 15.7. The predicted octanol–water partition coefficient (Wildman–Crippen LogP) is 5.60. The second-order valence-electron chi connectivity index (χ2n) is 9.63. The standard InChI is InChI=1S/C28H28N2O4S/c1-3-6-18(28(32)33)23-22(17-9-10-19-21-15(12-14-34-19)11-13-29-25(17)21)24-16-7-4-5-8-20(16)35-27(24)30(2)26(23)31/h9-11,13,18H,3-8,12,14H2,1-2H3,(H,32,33). The number of carboxylic acids is 1. The zero-order chi connectivity index (χ0) is 24.3. The highest BCUT2D eigenvalue weighted by atomic mass is 32.1. The van der Waals surface area contributed by atoms with Gasteiger partial charge in [-0.25, -0.2) is 0 Å². The fourth-order valence-electron chi connectivity index (χ4n) is 5.95. The third-order valence-corrected chi connectivity index (χ3v) is 8.94. The van der Waals surface area contributed by atoms with Gasteiger partial charge in [0.1, 0.15) is 10.6 Å². The number of aryl methyl sites for hydroxylation is 3. The number of aromatic nitrogens is 2. The topological polar surface area (TPSA) is 81.4 Å². The number of aliphatic carboxylic acids is 1. The Hall–Kier alpha value is -3.19. The number of ether oxygens (including phenoxy) is 1. The van der Waals surface area contributed by atoms with Crippen molar-refractivity contribution < 1.29 is 14.6 Å². The number of fused-ring (bicyclic) bond motifs is 3. The highest BCUT2D eigenvalue weighted by molar-refractivity contribution is 7.19. The van der Waals surface area contributed by atoms with E-state index in [-0.39, 0.29) is 5.56 Å². The third-order valence-electron chi connectivity index (χ3n) is 7.57. The Kier molecular flexibility index (Phi) is 5.40. The van der Waals surface area contributed by atoms with Crippen molar-refractivity contribution in [1.29, 1.82) is 0 Å². The lowest BCUT2D eigenvalue weighted by Crippen LogP contribution is -2.28. The van der Waals surface area contributed by atoms with E-state index in [0.29, 0.717) is 25.0 Å². The molecule has 1 N–H and O–H groups in total. The highest BCUT2D eigenvalue weighted by Gasteiger charge is 2.33. The second-order valence-corrected chi connectivity index (χ2v) is 10.7. The average molecular weight is 489 g/mol. The molecule has 7 heteroatoms. The van der Waals surface area contributed by atoms with Crippen molar-refractivity contribution in [2.45, 2.75) is 57.8 Å². The van der Waals surface area contributed by atoms with Gasteiger partial charge in [0.25, 0.3) is 5.56 Å². The third kappa shape index (κ3) is 3.32. The van der Waals surface area contributed by atoms with E-state index in [0.717, 1.165) is 70.1 Å². The first-order valence-electron chi connectivity index (χ1n) is 12.4. The van der Waals surface area contributed by atoms with Crippen molar-refractivity contribution in [2.75, 3.05) is 6.61 Å². The highest BCUT2D eigenvalue weighted by Crippen LogP contribution is 2.47. The summed E-state index contributed by atoms with van der Waals surface area (Å²) < 4.78 is 7.63. The van der Waals surface area contributed by atoms with Crippen LogP contribution in [0.1, 0.15) is 60.1 Å². The lowest BCUT2D eigenvalue weighted by molar-refractivity contribution is -0.139. The van der Waals surface area contributed by atoms with E-state index in [9.17, 15) is 14.7 Å². The van der Waals surface area contributed by atoms with Crippen LogP contribution in [-0.4, -0.2) is 27.2 Å². The molecule has 4 aromatic rings. The average Bonchev–Trinajstić information content (AvgIpc) is 3.25. The van der Waals surface area contributed by atoms with Crippen LogP contribution in [0, 0.1) is 0 Å². The fraction of sp³-hybridized carbons (Fsp3) is 0.393. The molecule has 1 unspecified atom stereocenters. The summed E-state index contributed by atoms with van der Waals surface area (Å²) in [6, 6.07) is 5.97. The number of carboxylic acid groups (broad SMARTS) is 1. The summed E-state index contributed by atoms with van der Waals surface area (Å²) in [5.41, 5.74) is 5.01. The number of carbonyl (C=O) groups is 1. The molecule has 1 aliphatic heterocycles. The minimum Gasteiger partial charge on any atom is -0.493 e. The predicted molar refractivity (Wildman–Crippen MR) is 139 cm³/mol. The van der Waals surface area contributed by atoms with Gasteiger partial charge < -0.3 is 14.4 Å². The van der Waals surface area contributed by atoms with Crippen LogP contribution >= 0.6 is 11.3 Å². The molecule has 35 heavy (non-hydrogen) atoms. The molecule has 0 fully saturated rings. The monoisotopic (exact) mass is 488 g/mol. The molecule has 0 radical (unpaired) electrons. The fourth-order valence-corrected chi connectivity index (χ4v) is 7.30. The lowest BCUT2D eigenvalue weighted by Gasteiger charge is -2.23. The van der Waals surface area contributed by atoms with E-state index in [1.807, 2.05) is 31.3 Å². The maximum Gasteiger partial charge on any atom is 0.311 e. The van der Waals surface area contributed by atoms with Gasteiger partial charge in [-0.05, 0) is 61.4 Å². The van der Waals surface area contributed by atoms with Crippen molar-refractivity contribution in [2.24, 2.45) is 7.05 Å². The smallest absolute Gasteiger partial charge is 0.311 e. The SMILES string of the molecule is CCCC(C(=O)O)c1c(-c2ccc3c4c(ccnc24)CCO3)c2c3c(sc2n(C)c1=O)CCCC3. The van der Waals surface area contributed by atoms with Gasteiger partial charge in [0.15, 0.2) is 0 Å². The van der Waals surface area contributed by atoms with Gasteiger partial charge >= 0.3 is 5.97 Å². The Morgan fingerprint density at radius 3 is 2.83 bits per heavy atom. The summed E-state index contributed by atoms with van der Waals surface area (Å²) in [7, 11) is 1.79. The van der Waals surface area contributed by atoms with Crippen molar-refractivity contribution in [1.82, 2.24) is 9.55 Å². The first-order chi connectivity index (χ1) is 17.0. The van der Waals surface area contributed by atoms with Crippen LogP contribution in [0.15, 0.2) is 29.2 Å². The van der Waals surface area contributed by atoms with E-state index in [1.54, 1.807) is 23.0 Å². The van der Waals surface area contributed by atoms with E-state index in [1.165, 1.54) is 16.0 Å². The van der Waals surface area contributed by atoms with Crippen LogP contribution in [0.3, 0.4) is 0 Å². The number of pyridine rings is 2. The van der Waals surface area contributed by atoms with Crippen LogP contribution < -0.4 is 10.3 Å². The Bertz CT molecular complexity index is 1560. The van der Waals surface area contributed by atoms with E-state index >= 15 is 0 Å². The minimum absolute atomic E-state index is 0.219. The van der Waals surface area contributed by atoms with Crippen molar-refractivity contribution in [3.05, 3.63) is 56.3 Å². The number of hydrogen-bond donors (Lipinski definition) is 1. The molecule has 0 spiro atoms. The van der Waals surface area contributed by atoms with Gasteiger partial charge in [0.05, 0.1) is 18.0 Å². The molecule has 6 rings (SSSR count). The van der Waals surface area contributed by atoms with Gasteiger partial charge in [-0.1, -0.05) is 13.3 Å². The van der Waals surface area contributed by atoms with E-state index in [2.05, 4.69) is 0 Å². The molecule has 0 saturated carbocycles. The van der Waals surface area contributed by atoms with Crippen molar-refractivity contribution in [3.63, 3.8) is 0 Å². The summed E-state index contributed by atoms with van der Waals surface area (Å²) in [4.78, 5) is 33.5. The Morgan fingerprint density at radius 2 is 2.03 bits per heavy atom. The van der Waals surface area contributed by atoms with Crippen LogP contribution in [0.25, 0.3) is 32.2 Å². The molecule has 6 nitrogen and oxygen atoms in total. The quantitative estimate of drug-likeness (QED) is 0.396. The molecule has 180 valence electrons. The van der Waals surface area contributed by atoms with Crippen LogP contribution in [0.2, 0.25) is 0 Å². The molecule has 1 aliphatic carbocycles. The summed E-state index contributed by atoms with van der Waals surface area (Å²) in [6.45, 7) is 2.59. The molecular formula is C28H28N2O4S. The lowest BCUT2D eigenvalue weighted by atomic mass is 9.83. The molecule has 0 bridgehead atoms. The number of benzene rings is 1. The minimum atomic E-state index is -0.951. The van der Waals surface area contributed by atoms with Gasteiger partial charge in [-0.2, -0.15) is 0 Å². The largest absolute Gasteiger partial charge is 0.493 e. The summed E-state index contributed by atoms with van der Waals surface area (Å²) in [5, 5.41) is 12.3. The molecule has 1 atom stereocenters.